The first kappa shape index (κ1) is 18.9. The van der Waals surface area contributed by atoms with Gasteiger partial charge in [0.1, 0.15) is 23.5 Å². The number of ether oxygens (including phenoxy) is 2. The number of nitrogens with zero attached hydrogens (tertiary/aromatic N) is 3. The molecule has 1 aliphatic rings. The van der Waals surface area contributed by atoms with E-state index < -0.39 is 10.5 Å². The average Bonchev–Trinajstić information content (AvgIpc) is 2.67. The second-order valence-electron chi connectivity index (χ2n) is 6.71. The Kier molecular flexibility index (Phi) is 5.18. The highest BCUT2D eigenvalue weighted by Gasteiger charge is 2.35. The zero-order chi connectivity index (χ0) is 19.6. The molecule has 1 aromatic carbocycles. The van der Waals surface area contributed by atoms with Crippen LogP contribution in [0.15, 0.2) is 30.5 Å². The van der Waals surface area contributed by atoms with Crippen molar-refractivity contribution in [1.82, 2.24) is 4.98 Å². The van der Waals surface area contributed by atoms with Crippen molar-refractivity contribution in [1.29, 1.82) is 0 Å². The first-order chi connectivity index (χ1) is 12.9. The van der Waals surface area contributed by atoms with E-state index in [-0.39, 0.29) is 5.69 Å². The molecule has 27 heavy (non-hydrogen) atoms. The fourth-order valence-corrected chi connectivity index (χ4v) is 3.37. The fourth-order valence-electron chi connectivity index (χ4n) is 3.37. The fraction of sp³-hybridized carbons (Fsp3) is 0.421. The molecule has 2 aromatic rings. The van der Waals surface area contributed by atoms with Gasteiger partial charge in [-0.15, -0.1) is 0 Å². The van der Waals surface area contributed by atoms with Crippen molar-refractivity contribution in [2.45, 2.75) is 25.4 Å². The van der Waals surface area contributed by atoms with Gasteiger partial charge in [0, 0.05) is 24.7 Å². The molecule has 0 bridgehead atoms. The van der Waals surface area contributed by atoms with E-state index in [0.29, 0.717) is 48.8 Å². The number of aliphatic hydroxyl groups is 1. The number of piperidine rings is 1. The van der Waals surface area contributed by atoms with E-state index in [1.165, 1.54) is 6.20 Å². The molecule has 8 nitrogen and oxygen atoms in total. The third kappa shape index (κ3) is 3.80. The number of rotatable bonds is 5. The molecule has 1 N–H and O–H groups in total. The van der Waals surface area contributed by atoms with Gasteiger partial charge in [-0.05, 0) is 43.5 Å². The standard InChI is InChI=1S/C19H23N3O5/c1-13-8-18(20-12-17(13)22(24)25)21-6-4-19(23,5-7-21)14-9-15(26-2)11-16(10-14)27-3/h8-12,23H,4-7H2,1-3H3. The van der Waals surface area contributed by atoms with Gasteiger partial charge in [0.2, 0.25) is 0 Å². The van der Waals surface area contributed by atoms with Crippen LogP contribution in [-0.2, 0) is 5.60 Å². The molecule has 144 valence electrons. The van der Waals surface area contributed by atoms with Crippen LogP contribution < -0.4 is 14.4 Å². The minimum Gasteiger partial charge on any atom is -0.497 e. The molecular formula is C19H23N3O5. The van der Waals surface area contributed by atoms with Crippen molar-refractivity contribution >= 4 is 11.5 Å². The smallest absolute Gasteiger partial charge is 0.290 e. The van der Waals surface area contributed by atoms with Gasteiger partial charge in [-0.3, -0.25) is 10.1 Å². The molecule has 3 rings (SSSR count). The minimum atomic E-state index is -0.992. The topological polar surface area (TPSA) is 98.0 Å². The number of hydrogen-bond donors (Lipinski definition) is 1. The maximum Gasteiger partial charge on any atom is 0.290 e. The highest BCUT2D eigenvalue weighted by molar-refractivity contribution is 5.49. The van der Waals surface area contributed by atoms with Gasteiger partial charge in [-0.1, -0.05) is 0 Å². The largest absolute Gasteiger partial charge is 0.497 e. The predicted molar refractivity (Wildman–Crippen MR) is 101 cm³/mol. The zero-order valence-corrected chi connectivity index (χ0v) is 15.6. The Balaban J connectivity index is 1.78. The van der Waals surface area contributed by atoms with Crippen LogP contribution in [-0.4, -0.2) is 42.3 Å². The molecule has 8 heteroatoms. The Bertz CT molecular complexity index is 825. The lowest BCUT2D eigenvalue weighted by Crippen LogP contribution is -2.43. The predicted octanol–water partition coefficient (Wildman–Crippen LogP) is 2.80. The Hall–Kier alpha value is -2.87. The van der Waals surface area contributed by atoms with E-state index in [0.717, 1.165) is 5.56 Å². The Morgan fingerprint density at radius 2 is 1.74 bits per heavy atom. The number of hydrogen-bond acceptors (Lipinski definition) is 7. The van der Waals surface area contributed by atoms with Crippen molar-refractivity contribution in [2.24, 2.45) is 0 Å². The van der Waals surface area contributed by atoms with Gasteiger partial charge >= 0.3 is 0 Å². The zero-order valence-electron chi connectivity index (χ0n) is 15.6. The summed E-state index contributed by atoms with van der Waals surface area (Å²) in [7, 11) is 3.15. The van der Waals surface area contributed by atoms with Crippen molar-refractivity contribution in [3.8, 4) is 11.5 Å². The molecule has 1 saturated heterocycles. The van der Waals surface area contributed by atoms with Gasteiger partial charge in [0.15, 0.2) is 0 Å². The van der Waals surface area contributed by atoms with Crippen LogP contribution in [0.5, 0.6) is 11.5 Å². The first-order valence-corrected chi connectivity index (χ1v) is 8.68. The van der Waals surface area contributed by atoms with Crippen LogP contribution in [0, 0.1) is 17.0 Å². The van der Waals surface area contributed by atoms with Crippen LogP contribution >= 0.6 is 0 Å². The number of benzene rings is 1. The number of pyridine rings is 1. The molecule has 0 unspecified atom stereocenters. The van der Waals surface area contributed by atoms with Gasteiger partial charge in [0.25, 0.3) is 5.69 Å². The molecule has 2 heterocycles. The summed E-state index contributed by atoms with van der Waals surface area (Å²) in [5, 5.41) is 22.1. The lowest BCUT2D eigenvalue weighted by atomic mass is 9.84. The lowest BCUT2D eigenvalue weighted by molar-refractivity contribution is -0.385. The van der Waals surface area contributed by atoms with Gasteiger partial charge in [-0.2, -0.15) is 0 Å². The maximum absolute atomic E-state index is 11.2. The Morgan fingerprint density at radius 1 is 1.15 bits per heavy atom. The number of methoxy groups -OCH3 is 2. The minimum absolute atomic E-state index is 0.00994. The van der Waals surface area contributed by atoms with E-state index in [1.807, 2.05) is 17.0 Å². The summed E-state index contributed by atoms with van der Waals surface area (Å²) < 4.78 is 10.6. The van der Waals surface area contributed by atoms with Crippen LogP contribution in [0.25, 0.3) is 0 Å². The molecule has 0 amide bonds. The summed E-state index contributed by atoms with van der Waals surface area (Å²) in [6.07, 6.45) is 2.29. The molecular weight excluding hydrogens is 350 g/mol. The van der Waals surface area contributed by atoms with Crippen LogP contribution in [0.4, 0.5) is 11.5 Å². The SMILES string of the molecule is COc1cc(OC)cc(C2(O)CCN(c3cc(C)c([N+](=O)[O-])cn3)CC2)c1. The summed E-state index contributed by atoms with van der Waals surface area (Å²) in [5.41, 5.74) is 0.346. The third-order valence-corrected chi connectivity index (χ3v) is 5.07. The number of aromatic nitrogens is 1. The average molecular weight is 373 g/mol. The van der Waals surface area contributed by atoms with Gasteiger partial charge in [0.05, 0.1) is 24.7 Å². The van der Waals surface area contributed by atoms with E-state index in [9.17, 15) is 15.2 Å². The molecule has 0 atom stereocenters. The van der Waals surface area contributed by atoms with Crippen molar-refractivity contribution in [3.63, 3.8) is 0 Å². The summed E-state index contributed by atoms with van der Waals surface area (Å²) in [5.74, 6) is 1.95. The van der Waals surface area contributed by atoms with Crippen LogP contribution in [0.3, 0.4) is 0 Å². The Labute approximate surface area is 157 Å². The molecule has 0 radical (unpaired) electrons. The van der Waals surface area contributed by atoms with E-state index >= 15 is 0 Å². The van der Waals surface area contributed by atoms with Crippen LogP contribution in [0.2, 0.25) is 0 Å². The second kappa shape index (κ2) is 7.40. The number of nitro groups is 1. The van der Waals surface area contributed by atoms with Crippen molar-refractivity contribution < 1.29 is 19.5 Å². The first-order valence-electron chi connectivity index (χ1n) is 8.68. The quantitative estimate of drug-likeness (QED) is 0.635. The van der Waals surface area contributed by atoms with Crippen LogP contribution in [0.1, 0.15) is 24.0 Å². The third-order valence-electron chi connectivity index (χ3n) is 5.07. The molecule has 1 aliphatic heterocycles. The maximum atomic E-state index is 11.2. The van der Waals surface area contributed by atoms with E-state index in [4.69, 9.17) is 9.47 Å². The molecule has 1 aromatic heterocycles. The summed E-state index contributed by atoms with van der Waals surface area (Å²) in [6, 6.07) is 7.14. The number of aryl methyl sites for hydroxylation is 1. The summed E-state index contributed by atoms with van der Waals surface area (Å²) >= 11 is 0. The molecule has 0 spiro atoms. The second-order valence-corrected chi connectivity index (χ2v) is 6.71. The Morgan fingerprint density at radius 3 is 2.22 bits per heavy atom. The van der Waals surface area contributed by atoms with E-state index in [1.54, 1.807) is 33.3 Å². The van der Waals surface area contributed by atoms with E-state index in [2.05, 4.69) is 4.98 Å². The monoisotopic (exact) mass is 373 g/mol. The lowest BCUT2D eigenvalue weighted by Gasteiger charge is -2.39. The summed E-state index contributed by atoms with van der Waals surface area (Å²) in [6.45, 7) is 2.87. The summed E-state index contributed by atoms with van der Waals surface area (Å²) in [4.78, 5) is 16.8. The molecule has 0 aliphatic carbocycles. The highest BCUT2D eigenvalue weighted by Crippen LogP contribution is 2.38. The van der Waals surface area contributed by atoms with Crippen molar-refractivity contribution in [2.75, 3.05) is 32.2 Å². The number of anilines is 1. The normalized spacial score (nSPS) is 16.1. The van der Waals surface area contributed by atoms with Gasteiger partial charge < -0.3 is 19.5 Å². The van der Waals surface area contributed by atoms with Gasteiger partial charge in [-0.25, -0.2) is 4.98 Å². The molecule has 0 saturated carbocycles. The molecule has 1 fully saturated rings. The highest BCUT2D eigenvalue weighted by atomic mass is 16.6. The van der Waals surface area contributed by atoms with Crippen molar-refractivity contribution in [3.05, 3.63) is 51.7 Å².